The second-order valence-corrected chi connectivity index (χ2v) is 7.75. The van der Waals surface area contributed by atoms with E-state index in [0.29, 0.717) is 5.56 Å². The Morgan fingerprint density at radius 1 is 1.15 bits per heavy atom. The van der Waals surface area contributed by atoms with Crippen molar-refractivity contribution in [2.24, 2.45) is 5.14 Å². The summed E-state index contributed by atoms with van der Waals surface area (Å²) < 4.78 is 34.2. The lowest BCUT2D eigenvalue weighted by molar-refractivity contribution is 0.00578. The Hall–Kier alpha value is -0.885. The zero-order valence-corrected chi connectivity index (χ0v) is 13.0. The van der Waals surface area contributed by atoms with E-state index in [0.717, 1.165) is 5.46 Å². The summed E-state index contributed by atoms with van der Waals surface area (Å²) in [5.74, 6) is -0.194. The van der Waals surface area contributed by atoms with Crippen LogP contribution in [0.5, 0.6) is 0 Å². The van der Waals surface area contributed by atoms with Crippen LogP contribution in [0.15, 0.2) is 24.3 Å². The molecule has 2 rings (SSSR count). The molecule has 1 saturated heterocycles. The predicted octanol–water partition coefficient (Wildman–Crippen LogP) is 0.774. The SMILES string of the molecule is CC1(C)OB(c2cccc(CS(N)(=O)=O)c2)OC1(C)C. The third kappa shape index (κ3) is 3.23. The normalized spacial score (nSPS) is 21.1. The van der Waals surface area contributed by atoms with Crippen molar-refractivity contribution >= 4 is 22.6 Å². The van der Waals surface area contributed by atoms with Gasteiger partial charge in [0.15, 0.2) is 0 Å². The van der Waals surface area contributed by atoms with Gasteiger partial charge in [0.2, 0.25) is 10.0 Å². The summed E-state index contributed by atoms with van der Waals surface area (Å²) in [5.41, 5.74) is 0.575. The lowest BCUT2D eigenvalue weighted by atomic mass is 9.78. The van der Waals surface area contributed by atoms with Gasteiger partial charge in [-0.25, -0.2) is 13.6 Å². The van der Waals surface area contributed by atoms with E-state index in [4.69, 9.17) is 14.4 Å². The fourth-order valence-electron chi connectivity index (χ4n) is 2.04. The van der Waals surface area contributed by atoms with Crippen molar-refractivity contribution in [2.75, 3.05) is 0 Å². The Labute approximate surface area is 120 Å². The molecule has 1 aliphatic heterocycles. The van der Waals surface area contributed by atoms with Crippen LogP contribution in [0.2, 0.25) is 0 Å². The highest BCUT2D eigenvalue weighted by Gasteiger charge is 2.51. The smallest absolute Gasteiger partial charge is 0.399 e. The molecule has 1 fully saturated rings. The van der Waals surface area contributed by atoms with Gasteiger partial charge in [0.1, 0.15) is 0 Å². The zero-order valence-electron chi connectivity index (χ0n) is 12.2. The third-order valence-electron chi connectivity index (χ3n) is 3.84. The third-order valence-corrected chi connectivity index (χ3v) is 4.58. The molecule has 2 N–H and O–H groups in total. The van der Waals surface area contributed by atoms with E-state index in [9.17, 15) is 8.42 Å². The van der Waals surface area contributed by atoms with Crippen LogP contribution in [0, 0.1) is 0 Å². The van der Waals surface area contributed by atoms with E-state index < -0.39 is 28.3 Å². The summed E-state index contributed by atoms with van der Waals surface area (Å²) in [5, 5.41) is 5.07. The van der Waals surface area contributed by atoms with Crippen LogP contribution >= 0.6 is 0 Å². The van der Waals surface area contributed by atoms with Crippen molar-refractivity contribution in [3.8, 4) is 0 Å². The maximum Gasteiger partial charge on any atom is 0.494 e. The summed E-state index contributed by atoms with van der Waals surface area (Å²) in [6.07, 6.45) is 0. The van der Waals surface area contributed by atoms with Crippen LogP contribution in [0.3, 0.4) is 0 Å². The summed E-state index contributed by atoms with van der Waals surface area (Å²) in [7, 11) is -4.04. The average molecular weight is 297 g/mol. The van der Waals surface area contributed by atoms with Crippen LogP contribution < -0.4 is 10.6 Å². The molecule has 0 aromatic heterocycles. The Kier molecular flexibility index (Phi) is 3.75. The van der Waals surface area contributed by atoms with E-state index in [2.05, 4.69) is 0 Å². The van der Waals surface area contributed by atoms with Crippen LogP contribution in [0.25, 0.3) is 0 Å². The maximum absolute atomic E-state index is 11.2. The molecule has 0 spiro atoms. The molecule has 0 atom stereocenters. The summed E-state index contributed by atoms with van der Waals surface area (Å²) in [4.78, 5) is 0. The maximum atomic E-state index is 11.2. The first-order valence-electron chi connectivity index (χ1n) is 6.45. The first kappa shape index (κ1) is 15.5. The van der Waals surface area contributed by atoms with E-state index in [1.165, 1.54) is 0 Å². The lowest BCUT2D eigenvalue weighted by Gasteiger charge is -2.32. The zero-order chi connectivity index (χ0) is 15.2. The van der Waals surface area contributed by atoms with E-state index in [-0.39, 0.29) is 5.75 Å². The van der Waals surface area contributed by atoms with Gasteiger partial charge in [0, 0.05) is 0 Å². The fourth-order valence-corrected chi connectivity index (χ4v) is 2.69. The second kappa shape index (κ2) is 4.84. The van der Waals surface area contributed by atoms with Gasteiger partial charge in [-0.05, 0) is 38.7 Å². The van der Waals surface area contributed by atoms with Gasteiger partial charge >= 0.3 is 7.12 Å². The average Bonchev–Trinajstić information content (AvgIpc) is 2.46. The summed E-state index contributed by atoms with van der Waals surface area (Å²) >= 11 is 0. The van der Waals surface area contributed by atoms with Crippen molar-refractivity contribution in [1.29, 1.82) is 0 Å². The van der Waals surface area contributed by atoms with Crippen molar-refractivity contribution in [2.45, 2.75) is 44.6 Å². The predicted molar refractivity (Wildman–Crippen MR) is 79.0 cm³/mol. The first-order valence-corrected chi connectivity index (χ1v) is 8.17. The van der Waals surface area contributed by atoms with Crippen molar-refractivity contribution < 1.29 is 17.7 Å². The largest absolute Gasteiger partial charge is 0.494 e. The van der Waals surface area contributed by atoms with E-state index in [1.54, 1.807) is 18.2 Å². The molecular formula is C13H20BNO4S. The molecule has 110 valence electrons. The minimum absolute atomic E-state index is 0.194. The quantitative estimate of drug-likeness (QED) is 0.836. The molecule has 0 bridgehead atoms. The minimum Gasteiger partial charge on any atom is -0.399 e. The van der Waals surface area contributed by atoms with Gasteiger partial charge in [0.25, 0.3) is 0 Å². The number of benzene rings is 1. The Bertz CT molecular complexity index is 597. The van der Waals surface area contributed by atoms with Gasteiger partial charge in [0.05, 0.1) is 17.0 Å². The molecule has 1 heterocycles. The van der Waals surface area contributed by atoms with E-state index in [1.807, 2.05) is 33.8 Å². The molecule has 0 unspecified atom stereocenters. The molecule has 0 aliphatic carbocycles. The summed E-state index contributed by atoms with van der Waals surface area (Å²) in [6, 6.07) is 7.11. The number of primary sulfonamides is 1. The monoisotopic (exact) mass is 297 g/mol. The van der Waals surface area contributed by atoms with Crippen LogP contribution in [-0.2, 0) is 25.1 Å². The number of nitrogens with two attached hydrogens (primary N) is 1. The molecule has 0 radical (unpaired) electrons. The Balaban J connectivity index is 2.25. The Morgan fingerprint density at radius 2 is 1.70 bits per heavy atom. The molecular weight excluding hydrogens is 277 g/mol. The van der Waals surface area contributed by atoms with Crippen molar-refractivity contribution in [1.82, 2.24) is 0 Å². The van der Waals surface area contributed by atoms with Gasteiger partial charge < -0.3 is 9.31 Å². The van der Waals surface area contributed by atoms with Crippen LogP contribution in [-0.4, -0.2) is 26.7 Å². The molecule has 0 amide bonds. The molecule has 0 saturated carbocycles. The standard InChI is InChI=1S/C13H20BNO4S/c1-12(2)13(3,4)19-14(18-12)11-7-5-6-10(8-11)9-20(15,16)17/h5-8H,9H2,1-4H3,(H2,15,16,17). The minimum atomic E-state index is -3.54. The van der Waals surface area contributed by atoms with Crippen molar-refractivity contribution in [3.05, 3.63) is 29.8 Å². The number of hydrogen-bond donors (Lipinski definition) is 1. The van der Waals surface area contributed by atoms with E-state index >= 15 is 0 Å². The Morgan fingerprint density at radius 3 is 2.20 bits per heavy atom. The molecule has 5 nitrogen and oxygen atoms in total. The lowest BCUT2D eigenvalue weighted by Crippen LogP contribution is -2.41. The van der Waals surface area contributed by atoms with Crippen LogP contribution in [0.4, 0.5) is 0 Å². The highest BCUT2D eigenvalue weighted by Crippen LogP contribution is 2.36. The van der Waals surface area contributed by atoms with Crippen molar-refractivity contribution in [3.63, 3.8) is 0 Å². The van der Waals surface area contributed by atoms with Gasteiger partial charge in [-0.15, -0.1) is 0 Å². The highest BCUT2D eigenvalue weighted by atomic mass is 32.2. The van der Waals surface area contributed by atoms with Crippen LogP contribution in [0.1, 0.15) is 33.3 Å². The second-order valence-electron chi connectivity index (χ2n) is 6.14. The van der Waals surface area contributed by atoms with Gasteiger partial charge in [-0.1, -0.05) is 24.3 Å². The topological polar surface area (TPSA) is 78.6 Å². The number of sulfonamides is 1. The molecule has 20 heavy (non-hydrogen) atoms. The first-order chi connectivity index (χ1) is 9.00. The number of rotatable bonds is 3. The molecule has 1 aliphatic rings. The number of hydrogen-bond acceptors (Lipinski definition) is 4. The highest BCUT2D eigenvalue weighted by molar-refractivity contribution is 7.88. The van der Waals surface area contributed by atoms with Gasteiger partial charge in [-0.2, -0.15) is 0 Å². The molecule has 1 aromatic carbocycles. The molecule has 7 heteroatoms. The fraction of sp³-hybridized carbons (Fsp3) is 0.538. The molecule has 1 aromatic rings. The van der Waals surface area contributed by atoms with Gasteiger partial charge in [-0.3, -0.25) is 0 Å². The summed E-state index contributed by atoms with van der Waals surface area (Å²) in [6.45, 7) is 7.89.